The molecule has 1 aromatic carbocycles. The van der Waals surface area contributed by atoms with Crippen LogP contribution in [0.15, 0.2) is 22.3 Å². The van der Waals surface area contributed by atoms with Crippen LogP contribution in [0, 0.1) is 0 Å². The Morgan fingerprint density at radius 3 is 2.00 bits per heavy atom. The third-order valence-electron chi connectivity index (χ3n) is 2.11. The van der Waals surface area contributed by atoms with E-state index in [1.807, 2.05) is 0 Å². The Labute approximate surface area is 105 Å². The molecular weight excluding hydrogens is 236 g/mol. The molecule has 0 atom stereocenters. The molecule has 0 fully saturated rings. The van der Waals surface area contributed by atoms with Crippen molar-refractivity contribution in [1.82, 2.24) is 0 Å². The van der Waals surface area contributed by atoms with E-state index in [9.17, 15) is 0 Å². The minimum absolute atomic E-state index is 0.127. The molecule has 1 aromatic rings. The molecule has 7 nitrogen and oxygen atoms in total. The standard InChI is InChI=1S/C11H16N4O3/c1-16-7-4-9(17-2)8(10(5-7)18-3)6-14-15-11(12)13/h4-6H,1-3H3,(H4,12,13,15). The number of hydrogen-bond acceptors (Lipinski definition) is 5. The Bertz CT molecular complexity index is 442. The molecule has 0 bridgehead atoms. The number of benzene rings is 1. The predicted molar refractivity (Wildman–Crippen MR) is 69.5 cm³/mol. The summed E-state index contributed by atoms with van der Waals surface area (Å²) in [6.07, 6.45) is 1.44. The van der Waals surface area contributed by atoms with Crippen molar-refractivity contribution < 1.29 is 14.2 Å². The van der Waals surface area contributed by atoms with Gasteiger partial charge in [0.1, 0.15) is 17.2 Å². The Hall–Kier alpha value is -2.44. The molecule has 98 valence electrons. The third kappa shape index (κ3) is 3.27. The molecule has 0 saturated carbocycles. The lowest BCUT2D eigenvalue weighted by Gasteiger charge is -2.11. The maximum atomic E-state index is 5.23. The highest BCUT2D eigenvalue weighted by molar-refractivity contribution is 5.88. The summed E-state index contributed by atoms with van der Waals surface area (Å²) < 4.78 is 15.6. The van der Waals surface area contributed by atoms with Gasteiger partial charge in [-0.25, -0.2) is 0 Å². The van der Waals surface area contributed by atoms with Crippen molar-refractivity contribution >= 4 is 12.2 Å². The molecule has 7 heteroatoms. The van der Waals surface area contributed by atoms with Crippen LogP contribution < -0.4 is 25.7 Å². The largest absolute Gasteiger partial charge is 0.496 e. The summed E-state index contributed by atoms with van der Waals surface area (Å²) in [7, 11) is 4.62. The Morgan fingerprint density at radius 1 is 1.06 bits per heavy atom. The van der Waals surface area contributed by atoms with Gasteiger partial charge >= 0.3 is 0 Å². The summed E-state index contributed by atoms with van der Waals surface area (Å²) in [5.41, 5.74) is 11.0. The molecular formula is C11H16N4O3. The normalized spacial score (nSPS) is 10.2. The summed E-state index contributed by atoms with van der Waals surface area (Å²) in [6.45, 7) is 0. The first-order valence-electron chi connectivity index (χ1n) is 5.04. The van der Waals surface area contributed by atoms with E-state index in [0.717, 1.165) is 0 Å². The first kappa shape index (κ1) is 13.6. The molecule has 0 aliphatic carbocycles. The monoisotopic (exact) mass is 252 g/mol. The van der Waals surface area contributed by atoms with Crippen LogP contribution >= 0.6 is 0 Å². The van der Waals surface area contributed by atoms with Crippen molar-refractivity contribution in [3.63, 3.8) is 0 Å². The van der Waals surface area contributed by atoms with Gasteiger partial charge in [-0.2, -0.15) is 5.10 Å². The summed E-state index contributed by atoms with van der Waals surface area (Å²) in [4.78, 5) is 0. The van der Waals surface area contributed by atoms with E-state index < -0.39 is 0 Å². The molecule has 0 aromatic heterocycles. The van der Waals surface area contributed by atoms with Gasteiger partial charge in [0, 0.05) is 12.1 Å². The van der Waals surface area contributed by atoms with E-state index in [2.05, 4.69) is 10.2 Å². The van der Waals surface area contributed by atoms with Crippen molar-refractivity contribution in [2.45, 2.75) is 0 Å². The maximum absolute atomic E-state index is 5.23. The number of ether oxygens (including phenoxy) is 3. The fourth-order valence-electron chi connectivity index (χ4n) is 1.31. The van der Waals surface area contributed by atoms with Crippen LogP contribution in [0.1, 0.15) is 5.56 Å². The van der Waals surface area contributed by atoms with E-state index in [1.165, 1.54) is 20.4 Å². The van der Waals surface area contributed by atoms with Gasteiger partial charge in [-0.1, -0.05) is 0 Å². The molecule has 18 heavy (non-hydrogen) atoms. The average molecular weight is 252 g/mol. The smallest absolute Gasteiger partial charge is 0.211 e. The Morgan fingerprint density at radius 2 is 1.61 bits per heavy atom. The Balaban J connectivity index is 3.22. The van der Waals surface area contributed by atoms with Gasteiger partial charge < -0.3 is 25.7 Å². The van der Waals surface area contributed by atoms with Crippen molar-refractivity contribution in [3.05, 3.63) is 17.7 Å². The van der Waals surface area contributed by atoms with Gasteiger partial charge in [-0.15, -0.1) is 5.10 Å². The molecule has 0 amide bonds. The van der Waals surface area contributed by atoms with E-state index in [0.29, 0.717) is 22.8 Å². The second-order valence-corrected chi connectivity index (χ2v) is 3.22. The van der Waals surface area contributed by atoms with Crippen LogP contribution in [0.3, 0.4) is 0 Å². The second-order valence-electron chi connectivity index (χ2n) is 3.22. The minimum atomic E-state index is -0.127. The second kappa shape index (κ2) is 6.33. The van der Waals surface area contributed by atoms with Crippen LogP contribution in [-0.4, -0.2) is 33.5 Å². The number of nitrogens with zero attached hydrogens (tertiary/aromatic N) is 2. The van der Waals surface area contributed by atoms with Crippen molar-refractivity contribution in [1.29, 1.82) is 0 Å². The molecule has 0 radical (unpaired) electrons. The predicted octanol–water partition coefficient (Wildman–Crippen LogP) is 0.320. The zero-order valence-corrected chi connectivity index (χ0v) is 10.5. The van der Waals surface area contributed by atoms with Crippen LogP contribution in [0.25, 0.3) is 0 Å². The molecule has 0 aliphatic rings. The molecule has 0 unspecified atom stereocenters. The lowest BCUT2D eigenvalue weighted by molar-refractivity contribution is 0.374. The molecule has 1 rings (SSSR count). The maximum Gasteiger partial charge on any atom is 0.211 e. The van der Waals surface area contributed by atoms with Gasteiger partial charge in [0.2, 0.25) is 5.96 Å². The molecule has 0 saturated heterocycles. The van der Waals surface area contributed by atoms with Gasteiger partial charge in [0.25, 0.3) is 0 Å². The van der Waals surface area contributed by atoms with E-state index in [-0.39, 0.29) is 5.96 Å². The summed E-state index contributed by atoms with van der Waals surface area (Å²) >= 11 is 0. The van der Waals surface area contributed by atoms with Gasteiger partial charge in [-0.05, 0) is 0 Å². The number of guanidine groups is 1. The third-order valence-corrected chi connectivity index (χ3v) is 2.11. The quantitative estimate of drug-likeness (QED) is 0.446. The molecule has 0 heterocycles. The highest BCUT2D eigenvalue weighted by Crippen LogP contribution is 2.32. The zero-order valence-electron chi connectivity index (χ0n) is 10.5. The summed E-state index contributed by atoms with van der Waals surface area (Å²) in [5.74, 6) is 1.57. The lowest BCUT2D eigenvalue weighted by Crippen LogP contribution is -2.21. The first-order chi connectivity index (χ1) is 8.62. The average Bonchev–Trinajstić information content (AvgIpc) is 2.37. The number of methoxy groups -OCH3 is 3. The Kier molecular flexibility index (Phi) is 4.79. The lowest BCUT2D eigenvalue weighted by atomic mass is 10.2. The van der Waals surface area contributed by atoms with Crippen molar-refractivity contribution in [3.8, 4) is 17.2 Å². The zero-order chi connectivity index (χ0) is 13.5. The molecule has 0 spiro atoms. The number of nitrogens with two attached hydrogens (primary N) is 2. The van der Waals surface area contributed by atoms with Crippen molar-refractivity contribution in [2.24, 2.45) is 21.7 Å². The van der Waals surface area contributed by atoms with Crippen LogP contribution in [-0.2, 0) is 0 Å². The summed E-state index contributed by atoms with van der Waals surface area (Å²) in [5, 5.41) is 7.24. The fourth-order valence-corrected chi connectivity index (χ4v) is 1.31. The van der Waals surface area contributed by atoms with Gasteiger partial charge in [-0.3, -0.25) is 0 Å². The summed E-state index contributed by atoms with van der Waals surface area (Å²) in [6, 6.07) is 3.42. The first-order valence-corrected chi connectivity index (χ1v) is 5.04. The van der Waals surface area contributed by atoms with E-state index >= 15 is 0 Å². The SMILES string of the molecule is COc1cc(OC)c(C=NN=C(N)N)c(OC)c1. The van der Waals surface area contributed by atoms with Crippen molar-refractivity contribution in [2.75, 3.05) is 21.3 Å². The van der Waals surface area contributed by atoms with Crippen LogP contribution in [0.5, 0.6) is 17.2 Å². The van der Waals surface area contributed by atoms with Crippen LogP contribution in [0.4, 0.5) is 0 Å². The van der Waals surface area contributed by atoms with Crippen LogP contribution in [0.2, 0.25) is 0 Å². The topological polar surface area (TPSA) is 104 Å². The molecule has 0 aliphatic heterocycles. The van der Waals surface area contributed by atoms with E-state index in [1.54, 1.807) is 19.2 Å². The van der Waals surface area contributed by atoms with E-state index in [4.69, 9.17) is 25.7 Å². The number of hydrogen-bond donors (Lipinski definition) is 2. The highest BCUT2D eigenvalue weighted by atomic mass is 16.5. The highest BCUT2D eigenvalue weighted by Gasteiger charge is 2.11. The van der Waals surface area contributed by atoms with Gasteiger partial charge in [0.05, 0.1) is 33.1 Å². The fraction of sp³-hybridized carbons (Fsp3) is 0.273. The minimum Gasteiger partial charge on any atom is -0.496 e. The van der Waals surface area contributed by atoms with Gasteiger partial charge in [0.15, 0.2) is 0 Å². The molecule has 4 N–H and O–H groups in total. The number of rotatable bonds is 5.